The molecule has 0 spiro atoms. The maximum atomic E-state index is 11.8. The van der Waals surface area contributed by atoms with Gasteiger partial charge in [-0.1, -0.05) is 13.3 Å². The quantitative estimate of drug-likeness (QED) is 0.739. The van der Waals surface area contributed by atoms with Crippen molar-refractivity contribution in [2.45, 2.75) is 38.8 Å². The molecule has 1 rings (SSSR count). The molecule has 5 nitrogen and oxygen atoms in total. The van der Waals surface area contributed by atoms with E-state index < -0.39 is 0 Å². The third-order valence-corrected chi connectivity index (χ3v) is 3.45. The molecule has 2 atom stereocenters. The van der Waals surface area contributed by atoms with Crippen LogP contribution < -0.4 is 11.1 Å². The molecule has 0 saturated carbocycles. The second kappa shape index (κ2) is 9.53. The summed E-state index contributed by atoms with van der Waals surface area (Å²) in [5.74, 6) is -0.0153. The van der Waals surface area contributed by atoms with Crippen LogP contribution in [0.1, 0.15) is 26.7 Å². The van der Waals surface area contributed by atoms with Crippen LogP contribution in [-0.4, -0.2) is 67.6 Å². The molecule has 1 saturated heterocycles. The van der Waals surface area contributed by atoms with E-state index >= 15 is 0 Å². The Balaban J connectivity index is 0.00000324. The van der Waals surface area contributed by atoms with Crippen molar-refractivity contribution < 1.29 is 4.79 Å². The highest BCUT2D eigenvalue weighted by molar-refractivity contribution is 5.85. The van der Waals surface area contributed by atoms with E-state index in [2.05, 4.69) is 29.1 Å². The summed E-state index contributed by atoms with van der Waals surface area (Å²) in [4.78, 5) is 16.5. The highest BCUT2D eigenvalue weighted by atomic mass is 35.5. The summed E-state index contributed by atoms with van der Waals surface area (Å²) in [7, 11) is 2.15. The van der Waals surface area contributed by atoms with Gasteiger partial charge in [-0.15, -0.1) is 12.4 Å². The van der Waals surface area contributed by atoms with Crippen molar-refractivity contribution in [3.8, 4) is 0 Å². The van der Waals surface area contributed by atoms with Crippen molar-refractivity contribution in [1.82, 2.24) is 15.1 Å². The van der Waals surface area contributed by atoms with Gasteiger partial charge < -0.3 is 16.0 Å². The van der Waals surface area contributed by atoms with Crippen molar-refractivity contribution >= 4 is 18.3 Å². The highest BCUT2D eigenvalue weighted by Crippen LogP contribution is 2.01. The lowest BCUT2D eigenvalue weighted by Gasteiger charge is -2.34. The van der Waals surface area contributed by atoms with Crippen LogP contribution in [0.15, 0.2) is 0 Å². The lowest BCUT2D eigenvalue weighted by molar-refractivity contribution is -0.123. The fraction of sp³-hybridized carbons (Fsp3) is 0.923. The molecule has 6 heteroatoms. The summed E-state index contributed by atoms with van der Waals surface area (Å²) in [5, 5.41) is 3.00. The Morgan fingerprint density at radius 2 is 1.89 bits per heavy atom. The molecule has 0 radical (unpaired) electrons. The SMILES string of the molecule is CCCC(N)C(=O)NC(C)CN1CCN(C)CC1.Cl. The van der Waals surface area contributed by atoms with E-state index in [0.29, 0.717) is 0 Å². The average molecular weight is 293 g/mol. The summed E-state index contributed by atoms with van der Waals surface area (Å²) < 4.78 is 0. The number of rotatable bonds is 6. The van der Waals surface area contributed by atoms with Crippen molar-refractivity contribution in [3.05, 3.63) is 0 Å². The number of amides is 1. The second-order valence-electron chi connectivity index (χ2n) is 5.41. The van der Waals surface area contributed by atoms with E-state index in [1.165, 1.54) is 0 Å². The smallest absolute Gasteiger partial charge is 0.237 e. The topological polar surface area (TPSA) is 61.6 Å². The first-order chi connectivity index (χ1) is 8.52. The van der Waals surface area contributed by atoms with E-state index in [0.717, 1.165) is 45.6 Å². The molecule has 0 aliphatic carbocycles. The van der Waals surface area contributed by atoms with Gasteiger partial charge >= 0.3 is 0 Å². The van der Waals surface area contributed by atoms with E-state index in [1.54, 1.807) is 0 Å². The van der Waals surface area contributed by atoms with Crippen LogP contribution in [0.4, 0.5) is 0 Å². The molecule has 0 aromatic rings. The molecule has 2 unspecified atom stereocenters. The molecule has 1 aliphatic rings. The van der Waals surface area contributed by atoms with Gasteiger partial charge in [-0.2, -0.15) is 0 Å². The molecule has 3 N–H and O–H groups in total. The number of hydrogen-bond acceptors (Lipinski definition) is 4. The summed E-state index contributed by atoms with van der Waals surface area (Å²) in [6, 6.07) is -0.186. The fourth-order valence-corrected chi connectivity index (χ4v) is 2.26. The van der Waals surface area contributed by atoms with E-state index in [4.69, 9.17) is 5.73 Å². The number of likely N-dealkylation sites (N-methyl/N-ethyl adjacent to an activating group) is 1. The number of nitrogens with zero attached hydrogens (tertiary/aromatic N) is 2. The van der Waals surface area contributed by atoms with Gasteiger partial charge in [-0.25, -0.2) is 0 Å². The Hall–Kier alpha value is -0.360. The molecule has 0 aromatic heterocycles. The molecule has 0 aromatic carbocycles. The van der Waals surface area contributed by atoms with Gasteiger partial charge in [-0.3, -0.25) is 9.69 Å². The Kier molecular flexibility index (Phi) is 9.35. The summed E-state index contributed by atoms with van der Waals surface area (Å²) in [6.07, 6.45) is 1.70. The maximum Gasteiger partial charge on any atom is 0.237 e. The Bertz CT molecular complexity index is 257. The third kappa shape index (κ3) is 7.11. The molecule has 114 valence electrons. The Morgan fingerprint density at radius 1 is 1.32 bits per heavy atom. The first-order valence-corrected chi connectivity index (χ1v) is 6.99. The predicted molar refractivity (Wildman–Crippen MR) is 81.7 cm³/mol. The number of piperazine rings is 1. The lowest BCUT2D eigenvalue weighted by Crippen LogP contribution is -2.52. The van der Waals surface area contributed by atoms with Crippen LogP contribution in [0.2, 0.25) is 0 Å². The van der Waals surface area contributed by atoms with Gasteiger partial charge in [0.2, 0.25) is 5.91 Å². The Morgan fingerprint density at radius 3 is 2.42 bits per heavy atom. The van der Waals surface area contributed by atoms with E-state index in [-0.39, 0.29) is 30.4 Å². The molecule has 1 fully saturated rings. The number of carbonyl (C=O) groups excluding carboxylic acids is 1. The standard InChI is InChI=1S/C13H28N4O.ClH/c1-4-5-12(14)13(18)15-11(2)10-17-8-6-16(3)7-9-17;/h11-12H,4-10,14H2,1-3H3,(H,15,18);1H. The molecule has 1 amide bonds. The normalized spacial score (nSPS) is 20.4. The molecule has 19 heavy (non-hydrogen) atoms. The molecule has 0 bridgehead atoms. The minimum Gasteiger partial charge on any atom is -0.351 e. The van der Waals surface area contributed by atoms with Crippen LogP contribution >= 0.6 is 12.4 Å². The number of halogens is 1. The number of nitrogens with two attached hydrogens (primary N) is 1. The molecular weight excluding hydrogens is 264 g/mol. The highest BCUT2D eigenvalue weighted by Gasteiger charge is 2.19. The number of nitrogens with one attached hydrogen (secondary N) is 1. The fourth-order valence-electron chi connectivity index (χ4n) is 2.26. The largest absolute Gasteiger partial charge is 0.351 e. The van der Waals surface area contributed by atoms with E-state index in [9.17, 15) is 4.79 Å². The zero-order valence-electron chi connectivity index (χ0n) is 12.4. The predicted octanol–water partition coefficient (Wildman–Crippen LogP) is 0.288. The zero-order chi connectivity index (χ0) is 13.5. The van der Waals surface area contributed by atoms with Crippen molar-refractivity contribution in [2.75, 3.05) is 39.8 Å². The summed E-state index contributed by atoms with van der Waals surface area (Å²) in [6.45, 7) is 9.38. The molecular formula is C13H29ClN4O. The van der Waals surface area contributed by atoms with Crippen molar-refractivity contribution in [3.63, 3.8) is 0 Å². The lowest BCUT2D eigenvalue weighted by atomic mass is 10.1. The van der Waals surface area contributed by atoms with Crippen LogP contribution in [0.25, 0.3) is 0 Å². The van der Waals surface area contributed by atoms with Crippen LogP contribution in [0.5, 0.6) is 0 Å². The van der Waals surface area contributed by atoms with Crippen LogP contribution in [0, 0.1) is 0 Å². The monoisotopic (exact) mass is 292 g/mol. The van der Waals surface area contributed by atoms with Crippen LogP contribution in [-0.2, 0) is 4.79 Å². The van der Waals surface area contributed by atoms with Gasteiger partial charge in [0.15, 0.2) is 0 Å². The average Bonchev–Trinajstić information content (AvgIpc) is 2.32. The first-order valence-electron chi connectivity index (χ1n) is 6.99. The number of carbonyl (C=O) groups is 1. The van der Waals surface area contributed by atoms with Gasteiger partial charge in [0.05, 0.1) is 6.04 Å². The van der Waals surface area contributed by atoms with Crippen molar-refractivity contribution in [2.24, 2.45) is 5.73 Å². The maximum absolute atomic E-state index is 11.8. The molecule has 1 aliphatic heterocycles. The second-order valence-corrected chi connectivity index (χ2v) is 5.41. The zero-order valence-corrected chi connectivity index (χ0v) is 13.2. The minimum absolute atomic E-state index is 0. The minimum atomic E-state index is -0.357. The van der Waals surface area contributed by atoms with Crippen LogP contribution in [0.3, 0.4) is 0 Å². The van der Waals surface area contributed by atoms with Gasteiger partial charge in [0.1, 0.15) is 0 Å². The van der Waals surface area contributed by atoms with Gasteiger partial charge in [-0.05, 0) is 20.4 Å². The summed E-state index contributed by atoms with van der Waals surface area (Å²) >= 11 is 0. The number of hydrogen-bond donors (Lipinski definition) is 2. The Labute approximate surface area is 123 Å². The first kappa shape index (κ1) is 18.6. The summed E-state index contributed by atoms with van der Waals surface area (Å²) in [5.41, 5.74) is 5.80. The van der Waals surface area contributed by atoms with Crippen molar-refractivity contribution in [1.29, 1.82) is 0 Å². The third-order valence-electron chi connectivity index (χ3n) is 3.45. The van der Waals surface area contributed by atoms with E-state index in [1.807, 2.05) is 6.92 Å². The van der Waals surface area contributed by atoms with Gasteiger partial charge in [0, 0.05) is 38.8 Å². The van der Waals surface area contributed by atoms with Gasteiger partial charge in [0.25, 0.3) is 0 Å². The molecule has 1 heterocycles.